The topological polar surface area (TPSA) is 96.4 Å². The van der Waals surface area contributed by atoms with Gasteiger partial charge >= 0.3 is 6.18 Å². The van der Waals surface area contributed by atoms with Gasteiger partial charge in [-0.1, -0.05) is 0 Å². The van der Waals surface area contributed by atoms with Gasteiger partial charge in [-0.3, -0.25) is 9.88 Å². The smallest absolute Gasteiger partial charge is 0.422 e. The molecule has 1 unspecified atom stereocenters. The van der Waals surface area contributed by atoms with E-state index in [0.717, 1.165) is 11.8 Å². The fourth-order valence-electron chi connectivity index (χ4n) is 3.61. The Morgan fingerprint density at radius 3 is 2.70 bits per heavy atom. The maximum absolute atomic E-state index is 13.5. The van der Waals surface area contributed by atoms with Crippen LogP contribution in [0.1, 0.15) is 28.6 Å². The molecule has 12 heteroatoms. The number of hydrogen-bond donors (Lipinski definition) is 1. The Bertz CT molecular complexity index is 1200. The number of benzene rings is 1. The number of halogens is 4. The van der Waals surface area contributed by atoms with E-state index in [-0.39, 0.29) is 35.7 Å². The third kappa shape index (κ3) is 4.59. The zero-order chi connectivity index (χ0) is 23.8. The summed E-state index contributed by atoms with van der Waals surface area (Å²) in [5, 5.41) is 24.8. The SMILES string of the molecule is COc1c(C#N)ccc(OCC(F)(F)F)c1C(O)N1Cc2cn(-c3cncc(F)c3)nc2C1. The molecular formula is C21H17F4N5O3. The van der Waals surface area contributed by atoms with Crippen LogP contribution in [0, 0.1) is 17.1 Å². The molecule has 1 aliphatic rings. The Morgan fingerprint density at radius 2 is 2.06 bits per heavy atom. The summed E-state index contributed by atoms with van der Waals surface area (Å²) >= 11 is 0. The van der Waals surface area contributed by atoms with Gasteiger partial charge in [0.1, 0.15) is 29.6 Å². The van der Waals surface area contributed by atoms with Gasteiger partial charge in [0, 0.05) is 30.9 Å². The number of fused-ring (bicyclic) bond motifs is 1. The van der Waals surface area contributed by atoms with Crippen molar-refractivity contribution in [1.82, 2.24) is 19.7 Å². The largest absolute Gasteiger partial charge is 0.495 e. The highest BCUT2D eigenvalue weighted by atomic mass is 19.4. The number of nitrogens with zero attached hydrogens (tertiary/aromatic N) is 5. The van der Waals surface area contributed by atoms with Gasteiger partial charge in [-0.05, 0) is 12.1 Å². The summed E-state index contributed by atoms with van der Waals surface area (Å²) in [5.41, 5.74) is 1.68. The normalized spacial score (nSPS) is 14.6. The molecule has 4 rings (SSSR count). The molecule has 0 aliphatic carbocycles. The highest BCUT2D eigenvalue weighted by Gasteiger charge is 2.34. The Balaban J connectivity index is 1.62. The second kappa shape index (κ2) is 8.68. The van der Waals surface area contributed by atoms with Gasteiger partial charge in [0.2, 0.25) is 0 Å². The van der Waals surface area contributed by atoms with Gasteiger partial charge in [-0.25, -0.2) is 9.07 Å². The van der Waals surface area contributed by atoms with Crippen LogP contribution in [0.2, 0.25) is 0 Å². The van der Waals surface area contributed by atoms with Crippen LogP contribution in [0.15, 0.2) is 36.8 Å². The first kappa shape index (κ1) is 22.5. The van der Waals surface area contributed by atoms with Crippen molar-refractivity contribution in [1.29, 1.82) is 5.26 Å². The fraction of sp³-hybridized carbons (Fsp3) is 0.286. The van der Waals surface area contributed by atoms with Crippen molar-refractivity contribution < 1.29 is 32.1 Å². The number of aliphatic hydroxyl groups is 1. The molecule has 0 fully saturated rings. The average molecular weight is 463 g/mol. The van der Waals surface area contributed by atoms with Gasteiger partial charge in [0.25, 0.3) is 0 Å². The van der Waals surface area contributed by atoms with Crippen LogP contribution in [0.4, 0.5) is 17.6 Å². The number of aromatic nitrogens is 3. The molecule has 2 aromatic heterocycles. The van der Waals surface area contributed by atoms with Gasteiger partial charge in [-0.2, -0.15) is 23.5 Å². The zero-order valence-electron chi connectivity index (χ0n) is 17.2. The summed E-state index contributed by atoms with van der Waals surface area (Å²) in [7, 11) is 1.25. The lowest BCUT2D eigenvalue weighted by Gasteiger charge is -2.27. The first-order valence-electron chi connectivity index (χ1n) is 9.61. The molecule has 0 saturated heterocycles. The lowest BCUT2D eigenvalue weighted by atomic mass is 10.1. The summed E-state index contributed by atoms with van der Waals surface area (Å²) in [4.78, 5) is 5.32. The summed E-state index contributed by atoms with van der Waals surface area (Å²) < 4.78 is 63.2. The molecule has 0 spiro atoms. The molecule has 1 aliphatic heterocycles. The summed E-state index contributed by atoms with van der Waals surface area (Å²) in [6.45, 7) is -1.24. The first-order valence-corrected chi connectivity index (χ1v) is 9.61. The lowest BCUT2D eigenvalue weighted by Crippen LogP contribution is -2.26. The minimum atomic E-state index is -4.59. The standard InChI is InChI=1S/C21H17F4N5O3/c1-32-19-12(5-26)2-3-17(33-11-21(23,24)25)18(19)20(31)29-8-13-9-30(28-16(13)10-29)15-4-14(22)6-27-7-15/h2-4,6-7,9,20,31H,8,10-11H2,1H3. The van der Waals surface area contributed by atoms with Gasteiger partial charge in [0.05, 0.1) is 42.0 Å². The molecule has 0 saturated carbocycles. The van der Waals surface area contributed by atoms with E-state index in [0.29, 0.717) is 11.4 Å². The number of ether oxygens (including phenoxy) is 2. The number of aliphatic hydroxyl groups excluding tert-OH is 1. The Hall–Kier alpha value is -3.69. The second-order valence-corrected chi connectivity index (χ2v) is 7.26. The van der Waals surface area contributed by atoms with Crippen molar-refractivity contribution in [2.45, 2.75) is 25.5 Å². The third-order valence-electron chi connectivity index (χ3n) is 5.03. The number of hydrogen-bond acceptors (Lipinski definition) is 7. The lowest BCUT2D eigenvalue weighted by molar-refractivity contribution is -0.154. The number of methoxy groups -OCH3 is 1. The molecule has 3 heterocycles. The monoisotopic (exact) mass is 463 g/mol. The Labute approximate surface area is 185 Å². The van der Waals surface area contributed by atoms with Crippen LogP contribution in [-0.4, -0.2) is 44.7 Å². The van der Waals surface area contributed by atoms with Crippen molar-refractivity contribution in [3.8, 4) is 23.3 Å². The van der Waals surface area contributed by atoms with E-state index in [1.165, 1.54) is 41.1 Å². The molecule has 3 aromatic rings. The summed E-state index contributed by atoms with van der Waals surface area (Å²) in [6.07, 6.45) is -1.87. The summed E-state index contributed by atoms with van der Waals surface area (Å²) in [5.74, 6) is -0.850. The van der Waals surface area contributed by atoms with Crippen LogP contribution >= 0.6 is 0 Å². The van der Waals surface area contributed by atoms with Crippen LogP contribution in [0.5, 0.6) is 11.5 Å². The Kier molecular flexibility index (Phi) is 5.92. The van der Waals surface area contributed by atoms with Crippen molar-refractivity contribution in [3.05, 3.63) is 65.0 Å². The molecule has 1 aromatic carbocycles. The van der Waals surface area contributed by atoms with Crippen LogP contribution < -0.4 is 9.47 Å². The highest BCUT2D eigenvalue weighted by Crippen LogP contribution is 2.41. The van der Waals surface area contributed by atoms with Gasteiger partial charge < -0.3 is 14.6 Å². The maximum Gasteiger partial charge on any atom is 0.422 e. The van der Waals surface area contributed by atoms with E-state index in [1.807, 2.05) is 6.07 Å². The van der Waals surface area contributed by atoms with Crippen LogP contribution in [0.25, 0.3) is 5.69 Å². The van der Waals surface area contributed by atoms with Crippen molar-refractivity contribution in [2.75, 3.05) is 13.7 Å². The molecule has 1 atom stereocenters. The number of nitriles is 1. The number of pyridine rings is 1. The fourth-order valence-corrected chi connectivity index (χ4v) is 3.61. The predicted molar refractivity (Wildman–Crippen MR) is 105 cm³/mol. The predicted octanol–water partition coefficient (Wildman–Crippen LogP) is 3.23. The molecule has 0 bridgehead atoms. The number of alkyl halides is 3. The minimum Gasteiger partial charge on any atom is -0.495 e. The van der Waals surface area contributed by atoms with E-state index in [9.17, 15) is 27.9 Å². The van der Waals surface area contributed by atoms with E-state index < -0.39 is 24.8 Å². The first-order chi connectivity index (χ1) is 15.7. The Morgan fingerprint density at radius 1 is 1.27 bits per heavy atom. The number of rotatable bonds is 6. The second-order valence-electron chi connectivity index (χ2n) is 7.26. The van der Waals surface area contributed by atoms with Crippen molar-refractivity contribution in [2.24, 2.45) is 0 Å². The maximum atomic E-state index is 13.5. The van der Waals surface area contributed by atoms with E-state index in [4.69, 9.17) is 9.47 Å². The van der Waals surface area contributed by atoms with E-state index in [1.54, 1.807) is 6.20 Å². The third-order valence-corrected chi connectivity index (χ3v) is 5.03. The van der Waals surface area contributed by atoms with Crippen molar-refractivity contribution in [3.63, 3.8) is 0 Å². The molecule has 172 valence electrons. The zero-order valence-corrected chi connectivity index (χ0v) is 17.2. The molecular weight excluding hydrogens is 446 g/mol. The molecule has 33 heavy (non-hydrogen) atoms. The highest BCUT2D eigenvalue weighted by molar-refractivity contribution is 5.56. The van der Waals surface area contributed by atoms with E-state index >= 15 is 0 Å². The molecule has 1 N–H and O–H groups in total. The van der Waals surface area contributed by atoms with Crippen LogP contribution in [-0.2, 0) is 13.1 Å². The molecule has 0 amide bonds. The molecule has 8 nitrogen and oxygen atoms in total. The van der Waals surface area contributed by atoms with Gasteiger partial charge in [-0.15, -0.1) is 0 Å². The minimum absolute atomic E-state index is 0.0339. The molecule has 0 radical (unpaired) electrons. The summed E-state index contributed by atoms with van der Waals surface area (Å²) in [6, 6.07) is 5.61. The van der Waals surface area contributed by atoms with Crippen molar-refractivity contribution >= 4 is 0 Å². The quantitative estimate of drug-likeness (QED) is 0.561. The van der Waals surface area contributed by atoms with E-state index in [2.05, 4.69) is 10.1 Å². The van der Waals surface area contributed by atoms with Crippen LogP contribution in [0.3, 0.4) is 0 Å². The van der Waals surface area contributed by atoms with Gasteiger partial charge in [0.15, 0.2) is 6.61 Å². The average Bonchev–Trinajstić information content (AvgIpc) is 3.35.